The number of amides is 1. The van der Waals surface area contributed by atoms with Crippen LogP contribution in [-0.2, 0) is 11.3 Å². The van der Waals surface area contributed by atoms with Crippen molar-refractivity contribution >= 4 is 11.6 Å². The van der Waals surface area contributed by atoms with Crippen molar-refractivity contribution in [3.8, 4) is 11.1 Å². The first-order valence-corrected chi connectivity index (χ1v) is 6.88. The van der Waals surface area contributed by atoms with E-state index in [2.05, 4.69) is 10.4 Å². The molecule has 2 aromatic rings. The van der Waals surface area contributed by atoms with Gasteiger partial charge in [0.1, 0.15) is 0 Å². The highest BCUT2D eigenvalue weighted by Crippen LogP contribution is 2.20. The number of hydrogen-bond donors (Lipinski definition) is 2. The Morgan fingerprint density at radius 3 is 2.75 bits per heavy atom. The molecule has 1 aromatic carbocycles. The van der Waals surface area contributed by atoms with Crippen molar-refractivity contribution in [2.75, 3.05) is 5.73 Å². The molecule has 1 heterocycles. The second-order valence-corrected chi connectivity index (χ2v) is 5.21. The molecule has 1 fully saturated rings. The largest absolute Gasteiger partial charge is 0.399 e. The Balaban J connectivity index is 1.58. The van der Waals surface area contributed by atoms with Crippen LogP contribution in [0, 0.1) is 0 Å². The molecule has 0 radical (unpaired) electrons. The van der Waals surface area contributed by atoms with Gasteiger partial charge in [0.15, 0.2) is 0 Å². The number of anilines is 1. The lowest BCUT2D eigenvalue weighted by molar-refractivity contribution is -0.121. The Morgan fingerprint density at radius 2 is 2.05 bits per heavy atom. The summed E-state index contributed by atoms with van der Waals surface area (Å²) in [6, 6.07) is 8.10. The minimum Gasteiger partial charge on any atom is -0.399 e. The molecule has 0 spiro atoms. The van der Waals surface area contributed by atoms with Crippen LogP contribution in [-0.4, -0.2) is 21.7 Å². The second kappa shape index (κ2) is 5.36. The van der Waals surface area contributed by atoms with Crippen LogP contribution in [0.4, 0.5) is 5.69 Å². The Hall–Kier alpha value is -2.30. The van der Waals surface area contributed by atoms with Crippen molar-refractivity contribution in [1.82, 2.24) is 15.1 Å². The van der Waals surface area contributed by atoms with Gasteiger partial charge in [-0.15, -0.1) is 0 Å². The normalized spacial score (nSPS) is 14.2. The molecule has 20 heavy (non-hydrogen) atoms. The third kappa shape index (κ3) is 3.17. The lowest BCUT2D eigenvalue weighted by Gasteiger charge is -2.03. The molecule has 1 aromatic heterocycles. The Kier molecular flexibility index (Phi) is 3.41. The summed E-state index contributed by atoms with van der Waals surface area (Å²) in [4.78, 5) is 11.6. The van der Waals surface area contributed by atoms with Crippen LogP contribution in [0.25, 0.3) is 11.1 Å². The van der Waals surface area contributed by atoms with Crippen LogP contribution in [0.5, 0.6) is 0 Å². The summed E-state index contributed by atoms with van der Waals surface area (Å²) in [5.74, 6) is 0.108. The van der Waals surface area contributed by atoms with Crippen LogP contribution in [0.15, 0.2) is 36.7 Å². The Labute approximate surface area is 117 Å². The summed E-state index contributed by atoms with van der Waals surface area (Å²) >= 11 is 0. The predicted octanol–water partition coefficient (Wildman–Crippen LogP) is 1.80. The number of nitrogen functional groups attached to an aromatic ring is 1. The number of rotatable bonds is 5. The Bertz CT molecular complexity index is 599. The molecule has 0 aliphatic heterocycles. The molecular weight excluding hydrogens is 252 g/mol. The topological polar surface area (TPSA) is 72.9 Å². The number of aromatic nitrogens is 2. The highest BCUT2D eigenvalue weighted by atomic mass is 16.1. The number of aryl methyl sites for hydroxylation is 1. The summed E-state index contributed by atoms with van der Waals surface area (Å²) in [7, 11) is 0. The van der Waals surface area contributed by atoms with E-state index in [4.69, 9.17) is 5.73 Å². The standard InChI is InChI=1S/C15H18N4O/c16-13-3-1-11(2-4-13)12-9-17-19(10-12)8-7-15(20)18-14-5-6-14/h1-4,9-10,14H,5-8,16H2,(H,18,20). The van der Waals surface area contributed by atoms with Crippen molar-refractivity contribution in [2.24, 2.45) is 0 Å². The van der Waals surface area contributed by atoms with E-state index in [0.717, 1.165) is 29.7 Å². The molecule has 1 aliphatic rings. The van der Waals surface area contributed by atoms with Crippen LogP contribution in [0.1, 0.15) is 19.3 Å². The molecule has 0 saturated heterocycles. The zero-order chi connectivity index (χ0) is 13.9. The molecule has 0 unspecified atom stereocenters. The number of nitrogens with one attached hydrogen (secondary N) is 1. The van der Waals surface area contributed by atoms with Gasteiger partial charge in [0, 0.05) is 36.5 Å². The van der Waals surface area contributed by atoms with Crippen molar-refractivity contribution in [3.63, 3.8) is 0 Å². The monoisotopic (exact) mass is 270 g/mol. The third-order valence-corrected chi connectivity index (χ3v) is 3.39. The number of nitrogens with two attached hydrogens (primary N) is 1. The fourth-order valence-electron chi connectivity index (χ4n) is 2.05. The van der Waals surface area contributed by atoms with E-state index in [9.17, 15) is 4.79 Å². The molecule has 1 amide bonds. The van der Waals surface area contributed by atoms with Gasteiger partial charge in [0.05, 0.1) is 6.20 Å². The summed E-state index contributed by atoms with van der Waals surface area (Å²) in [5, 5.41) is 7.26. The van der Waals surface area contributed by atoms with Gasteiger partial charge in [-0.25, -0.2) is 0 Å². The van der Waals surface area contributed by atoms with Crippen LogP contribution in [0.3, 0.4) is 0 Å². The molecule has 0 atom stereocenters. The molecular formula is C15H18N4O. The van der Waals surface area contributed by atoms with Crippen molar-refractivity contribution in [1.29, 1.82) is 0 Å². The van der Waals surface area contributed by atoms with E-state index < -0.39 is 0 Å². The molecule has 5 heteroatoms. The highest BCUT2D eigenvalue weighted by Gasteiger charge is 2.22. The van der Waals surface area contributed by atoms with Crippen LogP contribution in [0.2, 0.25) is 0 Å². The minimum atomic E-state index is 0.108. The molecule has 104 valence electrons. The third-order valence-electron chi connectivity index (χ3n) is 3.39. The summed E-state index contributed by atoms with van der Waals surface area (Å²) in [6.07, 6.45) is 6.48. The van der Waals surface area contributed by atoms with Crippen molar-refractivity contribution in [2.45, 2.75) is 31.8 Å². The molecule has 5 nitrogen and oxygen atoms in total. The maximum atomic E-state index is 11.6. The van der Waals surface area contributed by atoms with E-state index in [0.29, 0.717) is 19.0 Å². The minimum absolute atomic E-state index is 0.108. The van der Waals surface area contributed by atoms with E-state index in [1.807, 2.05) is 36.7 Å². The average Bonchev–Trinajstić information content (AvgIpc) is 3.12. The van der Waals surface area contributed by atoms with E-state index in [1.54, 1.807) is 4.68 Å². The maximum Gasteiger partial charge on any atom is 0.222 e. The van der Waals surface area contributed by atoms with E-state index in [-0.39, 0.29) is 5.91 Å². The van der Waals surface area contributed by atoms with Crippen LogP contribution < -0.4 is 11.1 Å². The zero-order valence-electron chi connectivity index (χ0n) is 11.2. The second-order valence-electron chi connectivity index (χ2n) is 5.21. The highest BCUT2D eigenvalue weighted by molar-refractivity contribution is 5.76. The van der Waals surface area contributed by atoms with Crippen molar-refractivity contribution in [3.05, 3.63) is 36.7 Å². The average molecular weight is 270 g/mol. The summed E-state index contributed by atoms with van der Waals surface area (Å²) in [6.45, 7) is 0.605. The maximum absolute atomic E-state index is 11.6. The quantitative estimate of drug-likeness (QED) is 0.814. The van der Waals surface area contributed by atoms with Gasteiger partial charge < -0.3 is 11.1 Å². The SMILES string of the molecule is Nc1ccc(-c2cnn(CCC(=O)NC3CC3)c2)cc1. The first kappa shape index (κ1) is 12.7. The lowest BCUT2D eigenvalue weighted by Crippen LogP contribution is -2.26. The Morgan fingerprint density at radius 1 is 1.30 bits per heavy atom. The summed E-state index contributed by atoms with van der Waals surface area (Å²) < 4.78 is 1.80. The number of benzene rings is 1. The van der Waals surface area contributed by atoms with Gasteiger partial charge in [-0.05, 0) is 30.5 Å². The molecule has 3 N–H and O–H groups in total. The van der Waals surface area contributed by atoms with Gasteiger partial charge in [0.25, 0.3) is 0 Å². The fraction of sp³-hybridized carbons (Fsp3) is 0.333. The number of nitrogens with zero attached hydrogens (tertiary/aromatic N) is 2. The predicted molar refractivity (Wildman–Crippen MR) is 77.9 cm³/mol. The first-order chi connectivity index (χ1) is 9.70. The molecule has 3 rings (SSSR count). The summed E-state index contributed by atoms with van der Waals surface area (Å²) in [5.41, 5.74) is 8.53. The smallest absolute Gasteiger partial charge is 0.222 e. The van der Waals surface area contributed by atoms with E-state index in [1.165, 1.54) is 0 Å². The lowest BCUT2D eigenvalue weighted by atomic mass is 10.1. The fourth-order valence-corrected chi connectivity index (χ4v) is 2.05. The molecule has 1 aliphatic carbocycles. The van der Waals surface area contributed by atoms with Crippen LogP contribution >= 0.6 is 0 Å². The molecule has 0 bridgehead atoms. The van der Waals surface area contributed by atoms with Gasteiger partial charge in [-0.2, -0.15) is 5.10 Å². The van der Waals surface area contributed by atoms with Gasteiger partial charge >= 0.3 is 0 Å². The van der Waals surface area contributed by atoms with Crippen molar-refractivity contribution < 1.29 is 4.79 Å². The zero-order valence-corrected chi connectivity index (χ0v) is 11.2. The van der Waals surface area contributed by atoms with Gasteiger partial charge in [0.2, 0.25) is 5.91 Å². The van der Waals surface area contributed by atoms with E-state index >= 15 is 0 Å². The number of carbonyl (C=O) groups is 1. The first-order valence-electron chi connectivity index (χ1n) is 6.88. The number of carbonyl (C=O) groups excluding carboxylic acids is 1. The molecule has 1 saturated carbocycles. The van der Waals surface area contributed by atoms with Gasteiger partial charge in [-0.3, -0.25) is 9.48 Å². The number of hydrogen-bond acceptors (Lipinski definition) is 3. The van der Waals surface area contributed by atoms with Gasteiger partial charge in [-0.1, -0.05) is 12.1 Å².